The topological polar surface area (TPSA) is 33.1 Å². The van der Waals surface area contributed by atoms with Crippen LogP contribution >= 0.6 is 0 Å². The first kappa shape index (κ1) is 13.0. The number of aryl methyl sites for hydroxylation is 1. The molecular weight excluding hydrogens is 248 g/mol. The predicted molar refractivity (Wildman–Crippen MR) is 83.1 cm³/mol. The van der Waals surface area contributed by atoms with Crippen molar-refractivity contribution >= 4 is 11.5 Å². The fourth-order valence-electron chi connectivity index (χ4n) is 2.82. The molecule has 0 bridgehead atoms. The number of rotatable bonds is 5. The summed E-state index contributed by atoms with van der Waals surface area (Å²) in [5.74, 6) is 1.10. The van der Waals surface area contributed by atoms with Gasteiger partial charge in [-0.1, -0.05) is 0 Å². The maximum Gasteiger partial charge on any atom is 0.151 e. The molecule has 0 atom stereocenters. The lowest BCUT2D eigenvalue weighted by Crippen LogP contribution is -2.20. The number of hydrogen-bond acceptors (Lipinski definition) is 3. The molecule has 4 heteroatoms. The minimum absolute atomic E-state index is 0.841. The zero-order valence-corrected chi connectivity index (χ0v) is 12.0. The summed E-state index contributed by atoms with van der Waals surface area (Å²) in [7, 11) is 0. The van der Waals surface area contributed by atoms with Gasteiger partial charge in [-0.3, -0.25) is 0 Å². The summed E-state index contributed by atoms with van der Waals surface area (Å²) < 4.78 is 2.26. The van der Waals surface area contributed by atoms with E-state index in [-0.39, 0.29) is 0 Å². The molecule has 0 aromatic carbocycles. The summed E-state index contributed by atoms with van der Waals surface area (Å²) in [6, 6.07) is 8.40. The molecule has 1 aliphatic heterocycles. The highest BCUT2D eigenvalue weighted by Crippen LogP contribution is 2.26. The molecule has 0 radical (unpaired) electrons. The van der Waals surface area contributed by atoms with Gasteiger partial charge in [0.25, 0.3) is 0 Å². The Morgan fingerprint density at radius 3 is 2.85 bits per heavy atom. The van der Waals surface area contributed by atoms with E-state index in [0.717, 1.165) is 37.7 Å². The standard InChI is InChI=1S/C16H22N4/c1-2-19-12-6-7-14(19)13-18-15-8-5-9-17-16(15)20-10-3-4-11-20/h5-9,12,18H,2-4,10-11,13H2,1H3. The van der Waals surface area contributed by atoms with Crippen molar-refractivity contribution in [2.24, 2.45) is 0 Å². The average Bonchev–Trinajstić information content (AvgIpc) is 3.16. The zero-order valence-electron chi connectivity index (χ0n) is 12.0. The van der Waals surface area contributed by atoms with E-state index in [4.69, 9.17) is 0 Å². The summed E-state index contributed by atoms with van der Waals surface area (Å²) in [5, 5.41) is 3.54. The normalized spacial score (nSPS) is 14.8. The minimum atomic E-state index is 0.841. The van der Waals surface area contributed by atoms with Crippen molar-refractivity contribution in [2.75, 3.05) is 23.3 Å². The van der Waals surface area contributed by atoms with Gasteiger partial charge in [-0.15, -0.1) is 0 Å². The number of aromatic nitrogens is 2. The van der Waals surface area contributed by atoms with Crippen LogP contribution in [-0.4, -0.2) is 22.6 Å². The fourth-order valence-corrected chi connectivity index (χ4v) is 2.82. The molecule has 0 unspecified atom stereocenters. The Bertz CT molecular complexity index is 555. The van der Waals surface area contributed by atoms with Crippen LogP contribution in [0.5, 0.6) is 0 Å². The zero-order chi connectivity index (χ0) is 13.8. The van der Waals surface area contributed by atoms with Gasteiger partial charge >= 0.3 is 0 Å². The highest BCUT2D eigenvalue weighted by Gasteiger charge is 2.16. The molecule has 2 aromatic heterocycles. The molecular formula is C16H22N4. The lowest BCUT2D eigenvalue weighted by atomic mass is 10.3. The molecule has 1 aliphatic rings. The molecule has 0 amide bonds. The summed E-state index contributed by atoms with van der Waals surface area (Å²) in [5.41, 5.74) is 2.45. The summed E-state index contributed by atoms with van der Waals surface area (Å²) in [6.07, 6.45) is 6.55. The second-order valence-electron chi connectivity index (χ2n) is 5.21. The molecule has 106 valence electrons. The van der Waals surface area contributed by atoms with Crippen LogP contribution in [0.3, 0.4) is 0 Å². The van der Waals surface area contributed by atoms with E-state index in [1.54, 1.807) is 0 Å². The Kier molecular flexibility index (Phi) is 3.90. The number of pyridine rings is 1. The van der Waals surface area contributed by atoms with E-state index in [0.29, 0.717) is 0 Å². The van der Waals surface area contributed by atoms with Crippen LogP contribution in [0.4, 0.5) is 11.5 Å². The smallest absolute Gasteiger partial charge is 0.151 e. The second kappa shape index (κ2) is 5.99. The van der Waals surface area contributed by atoms with Crippen LogP contribution in [0.15, 0.2) is 36.7 Å². The summed E-state index contributed by atoms with van der Waals surface area (Å²) in [6.45, 7) is 6.26. The molecule has 1 saturated heterocycles. The third-order valence-electron chi connectivity index (χ3n) is 3.92. The predicted octanol–water partition coefficient (Wildman–Crippen LogP) is 3.12. The van der Waals surface area contributed by atoms with E-state index in [1.807, 2.05) is 12.3 Å². The molecule has 3 heterocycles. The lowest BCUT2D eigenvalue weighted by Gasteiger charge is -2.20. The Balaban J connectivity index is 1.74. The molecule has 1 N–H and O–H groups in total. The van der Waals surface area contributed by atoms with Gasteiger partial charge in [0.1, 0.15) is 0 Å². The van der Waals surface area contributed by atoms with Crippen LogP contribution in [0.1, 0.15) is 25.5 Å². The summed E-state index contributed by atoms with van der Waals surface area (Å²) in [4.78, 5) is 6.94. The first-order valence-electron chi connectivity index (χ1n) is 7.46. The van der Waals surface area contributed by atoms with Gasteiger partial charge in [-0.2, -0.15) is 0 Å². The number of nitrogens with zero attached hydrogens (tertiary/aromatic N) is 3. The number of anilines is 2. The minimum Gasteiger partial charge on any atom is -0.376 e. The molecule has 2 aromatic rings. The van der Waals surface area contributed by atoms with Crippen molar-refractivity contribution in [1.82, 2.24) is 9.55 Å². The second-order valence-corrected chi connectivity index (χ2v) is 5.21. The van der Waals surface area contributed by atoms with Crippen LogP contribution in [0.2, 0.25) is 0 Å². The van der Waals surface area contributed by atoms with E-state index >= 15 is 0 Å². The van der Waals surface area contributed by atoms with Gasteiger partial charge in [0, 0.05) is 37.7 Å². The molecule has 0 saturated carbocycles. The quantitative estimate of drug-likeness (QED) is 0.906. The van der Waals surface area contributed by atoms with Crippen molar-refractivity contribution in [1.29, 1.82) is 0 Å². The molecule has 3 rings (SSSR count). The lowest BCUT2D eigenvalue weighted by molar-refractivity contribution is 0.724. The Hall–Kier alpha value is -1.97. The molecule has 0 spiro atoms. The first-order chi connectivity index (χ1) is 9.88. The van der Waals surface area contributed by atoms with Crippen molar-refractivity contribution in [3.05, 3.63) is 42.4 Å². The summed E-state index contributed by atoms with van der Waals surface area (Å²) >= 11 is 0. The van der Waals surface area contributed by atoms with E-state index in [9.17, 15) is 0 Å². The fraction of sp³-hybridized carbons (Fsp3) is 0.438. The Labute approximate surface area is 120 Å². The van der Waals surface area contributed by atoms with Gasteiger partial charge in [0.2, 0.25) is 0 Å². The Morgan fingerprint density at radius 1 is 1.20 bits per heavy atom. The van der Waals surface area contributed by atoms with E-state index in [2.05, 4.69) is 51.1 Å². The largest absolute Gasteiger partial charge is 0.376 e. The van der Waals surface area contributed by atoms with E-state index < -0.39 is 0 Å². The number of hydrogen-bond donors (Lipinski definition) is 1. The number of nitrogens with one attached hydrogen (secondary N) is 1. The maximum atomic E-state index is 4.56. The molecule has 20 heavy (non-hydrogen) atoms. The van der Waals surface area contributed by atoms with Gasteiger partial charge in [-0.25, -0.2) is 4.98 Å². The van der Waals surface area contributed by atoms with Crippen molar-refractivity contribution in [3.8, 4) is 0 Å². The van der Waals surface area contributed by atoms with E-state index in [1.165, 1.54) is 18.5 Å². The van der Waals surface area contributed by atoms with Crippen LogP contribution < -0.4 is 10.2 Å². The molecule has 1 fully saturated rings. The van der Waals surface area contributed by atoms with Gasteiger partial charge in [0.05, 0.1) is 12.2 Å². The monoisotopic (exact) mass is 270 g/mol. The maximum absolute atomic E-state index is 4.56. The highest BCUT2D eigenvalue weighted by molar-refractivity contribution is 5.65. The molecule has 0 aliphatic carbocycles. The van der Waals surface area contributed by atoms with Gasteiger partial charge in [0.15, 0.2) is 5.82 Å². The third-order valence-corrected chi connectivity index (χ3v) is 3.92. The Morgan fingerprint density at radius 2 is 2.05 bits per heavy atom. The third kappa shape index (κ3) is 2.64. The first-order valence-corrected chi connectivity index (χ1v) is 7.46. The highest BCUT2D eigenvalue weighted by atomic mass is 15.2. The van der Waals surface area contributed by atoms with Crippen LogP contribution in [0, 0.1) is 0 Å². The SMILES string of the molecule is CCn1cccc1CNc1cccnc1N1CCCC1. The van der Waals surface area contributed by atoms with Crippen LogP contribution in [-0.2, 0) is 13.1 Å². The van der Waals surface area contributed by atoms with Crippen molar-refractivity contribution < 1.29 is 0 Å². The molecule has 4 nitrogen and oxygen atoms in total. The van der Waals surface area contributed by atoms with Crippen LogP contribution in [0.25, 0.3) is 0 Å². The van der Waals surface area contributed by atoms with Crippen molar-refractivity contribution in [2.45, 2.75) is 32.9 Å². The van der Waals surface area contributed by atoms with Crippen molar-refractivity contribution in [3.63, 3.8) is 0 Å². The average molecular weight is 270 g/mol. The van der Waals surface area contributed by atoms with Gasteiger partial charge < -0.3 is 14.8 Å². The van der Waals surface area contributed by atoms with Gasteiger partial charge in [-0.05, 0) is 44.0 Å².